The number of carbonyl (C=O) groups is 1. The SMILES string of the molecule is Cc1cnc2ccc(-c3nc(C(=O)CCC4(C)CCOC4)c(N)nc3-c3ncco3)cn12. The first kappa shape index (κ1) is 20.3. The second-order valence-electron chi connectivity index (χ2n) is 8.57. The number of rotatable bonds is 6. The summed E-state index contributed by atoms with van der Waals surface area (Å²) >= 11 is 0. The molecule has 4 aromatic heterocycles. The average Bonchev–Trinajstić information content (AvgIpc) is 3.54. The molecule has 4 aromatic rings. The summed E-state index contributed by atoms with van der Waals surface area (Å²) in [6.07, 6.45) is 8.69. The van der Waals surface area contributed by atoms with Gasteiger partial charge in [0.25, 0.3) is 0 Å². The minimum Gasteiger partial charge on any atom is -0.443 e. The molecule has 1 aliphatic rings. The summed E-state index contributed by atoms with van der Waals surface area (Å²) in [5.74, 6) is 0.221. The molecule has 5 heterocycles. The van der Waals surface area contributed by atoms with E-state index >= 15 is 0 Å². The Morgan fingerprint density at radius 3 is 2.88 bits per heavy atom. The molecule has 1 aliphatic heterocycles. The van der Waals surface area contributed by atoms with Gasteiger partial charge in [0, 0.05) is 36.7 Å². The number of fused-ring (bicyclic) bond motifs is 1. The summed E-state index contributed by atoms with van der Waals surface area (Å²) in [5, 5.41) is 0. The van der Waals surface area contributed by atoms with Crippen LogP contribution in [0.2, 0.25) is 0 Å². The average molecular weight is 432 g/mol. The van der Waals surface area contributed by atoms with E-state index in [0.29, 0.717) is 30.8 Å². The normalized spacial score (nSPS) is 18.4. The van der Waals surface area contributed by atoms with E-state index in [1.165, 1.54) is 12.5 Å². The number of oxazole rings is 1. The molecule has 1 saturated heterocycles. The molecule has 0 saturated carbocycles. The maximum Gasteiger partial charge on any atom is 0.247 e. The highest BCUT2D eigenvalue weighted by molar-refractivity contribution is 5.99. The van der Waals surface area contributed by atoms with Gasteiger partial charge in [-0.15, -0.1) is 0 Å². The van der Waals surface area contributed by atoms with Gasteiger partial charge in [0.1, 0.15) is 23.3 Å². The van der Waals surface area contributed by atoms with E-state index in [1.54, 1.807) is 6.20 Å². The quantitative estimate of drug-likeness (QED) is 0.458. The van der Waals surface area contributed by atoms with Crippen LogP contribution in [0.5, 0.6) is 0 Å². The van der Waals surface area contributed by atoms with Crippen LogP contribution < -0.4 is 5.73 Å². The number of imidazole rings is 1. The number of carbonyl (C=O) groups excluding carboxylic acids is 1. The summed E-state index contributed by atoms with van der Waals surface area (Å²) in [5.41, 5.74) is 9.77. The standard InChI is InChI=1S/C23H24N6O3/c1-14-11-26-17-4-3-15(12-29(14)17)18-20(22-25-8-10-32-22)28-21(24)19(27-18)16(30)5-6-23(2)7-9-31-13-23/h3-4,8,10-12H,5-7,9,13H2,1-2H3,(H2,24,28). The molecule has 9 nitrogen and oxygen atoms in total. The molecule has 0 amide bonds. The largest absolute Gasteiger partial charge is 0.443 e. The minimum atomic E-state index is -0.136. The number of nitrogens with two attached hydrogens (primary N) is 1. The second kappa shape index (κ2) is 7.83. The molecule has 0 bridgehead atoms. The van der Waals surface area contributed by atoms with Crippen molar-refractivity contribution in [2.45, 2.75) is 33.1 Å². The van der Waals surface area contributed by atoms with E-state index in [2.05, 4.69) is 26.9 Å². The van der Waals surface area contributed by atoms with Gasteiger partial charge < -0.3 is 19.3 Å². The second-order valence-corrected chi connectivity index (χ2v) is 8.57. The van der Waals surface area contributed by atoms with Crippen LogP contribution in [0.3, 0.4) is 0 Å². The van der Waals surface area contributed by atoms with Gasteiger partial charge in [-0.25, -0.2) is 19.9 Å². The highest BCUT2D eigenvalue weighted by atomic mass is 16.5. The first-order valence-electron chi connectivity index (χ1n) is 10.6. The summed E-state index contributed by atoms with van der Waals surface area (Å²) in [4.78, 5) is 30.8. The van der Waals surface area contributed by atoms with Crippen LogP contribution in [0.25, 0.3) is 28.5 Å². The molecule has 9 heteroatoms. The van der Waals surface area contributed by atoms with Gasteiger partial charge in [0.05, 0.1) is 12.8 Å². The smallest absolute Gasteiger partial charge is 0.247 e. The van der Waals surface area contributed by atoms with E-state index < -0.39 is 0 Å². The van der Waals surface area contributed by atoms with Crippen LogP contribution in [-0.2, 0) is 4.74 Å². The molecule has 0 aliphatic carbocycles. The maximum absolute atomic E-state index is 13.1. The van der Waals surface area contributed by atoms with Crippen LogP contribution in [0.15, 0.2) is 41.4 Å². The minimum absolute atomic E-state index is 0.00267. The zero-order valence-electron chi connectivity index (χ0n) is 18.0. The number of nitrogens with zero attached hydrogens (tertiary/aromatic N) is 5. The lowest BCUT2D eigenvalue weighted by molar-refractivity contribution is 0.0946. The van der Waals surface area contributed by atoms with Crippen LogP contribution >= 0.6 is 0 Å². The Morgan fingerprint density at radius 2 is 2.12 bits per heavy atom. The summed E-state index contributed by atoms with van der Waals surface area (Å²) in [6, 6.07) is 3.78. The molecule has 0 spiro atoms. The van der Waals surface area contributed by atoms with Crippen molar-refractivity contribution in [3.8, 4) is 22.8 Å². The molecule has 32 heavy (non-hydrogen) atoms. The van der Waals surface area contributed by atoms with Crippen molar-refractivity contribution in [2.24, 2.45) is 5.41 Å². The number of aryl methyl sites for hydroxylation is 1. The molecule has 164 valence electrons. The summed E-state index contributed by atoms with van der Waals surface area (Å²) < 4.78 is 12.9. The van der Waals surface area contributed by atoms with Crippen molar-refractivity contribution < 1.29 is 13.9 Å². The number of hydrogen-bond acceptors (Lipinski definition) is 8. The fraction of sp³-hybridized carbons (Fsp3) is 0.348. The van der Waals surface area contributed by atoms with Crippen molar-refractivity contribution in [2.75, 3.05) is 18.9 Å². The number of ether oxygens (including phenoxy) is 1. The lowest BCUT2D eigenvalue weighted by Crippen LogP contribution is -2.19. The number of aromatic nitrogens is 5. The van der Waals surface area contributed by atoms with Gasteiger partial charge >= 0.3 is 0 Å². The Kier molecular flexibility index (Phi) is 4.97. The predicted octanol–water partition coefficient (Wildman–Crippen LogP) is 3.73. The van der Waals surface area contributed by atoms with E-state index in [0.717, 1.165) is 29.9 Å². The highest BCUT2D eigenvalue weighted by Crippen LogP contribution is 2.34. The number of pyridine rings is 1. The van der Waals surface area contributed by atoms with E-state index in [4.69, 9.17) is 14.9 Å². The third kappa shape index (κ3) is 3.64. The van der Waals surface area contributed by atoms with Crippen molar-refractivity contribution in [1.29, 1.82) is 0 Å². The maximum atomic E-state index is 13.1. The number of ketones is 1. The lowest BCUT2D eigenvalue weighted by atomic mass is 9.84. The molecule has 0 aromatic carbocycles. The first-order valence-corrected chi connectivity index (χ1v) is 10.6. The van der Waals surface area contributed by atoms with Crippen LogP contribution in [-0.4, -0.2) is 43.3 Å². The fourth-order valence-electron chi connectivity index (χ4n) is 4.03. The molecular formula is C23H24N6O3. The number of nitrogen functional groups attached to an aromatic ring is 1. The molecule has 1 atom stereocenters. The van der Waals surface area contributed by atoms with Gasteiger partial charge in [-0.2, -0.15) is 0 Å². The monoisotopic (exact) mass is 432 g/mol. The lowest BCUT2D eigenvalue weighted by Gasteiger charge is -2.20. The van der Waals surface area contributed by atoms with Crippen molar-refractivity contribution in [3.63, 3.8) is 0 Å². The first-order chi connectivity index (χ1) is 15.4. The molecule has 2 N–H and O–H groups in total. The van der Waals surface area contributed by atoms with E-state index in [-0.39, 0.29) is 28.6 Å². The van der Waals surface area contributed by atoms with Gasteiger partial charge in [-0.05, 0) is 37.3 Å². The van der Waals surface area contributed by atoms with Crippen LogP contribution in [0, 0.1) is 12.3 Å². The number of hydrogen-bond donors (Lipinski definition) is 1. The van der Waals surface area contributed by atoms with Crippen LogP contribution in [0.1, 0.15) is 42.4 Å². The molecule has 1 unspecified atom stereocenters. The van der Waals surface area contributed by atoms with Crippen molar-refractivity contribution in [1.82, 2.24) is 24.3 Å². The van der Waals surface area contributed by atoms with E-state index in [1.807, 2.05) is 29.7 Å². The zero-order chi connectivity index (χ0) is 22.3. The van der Waals surface area contributed by atoms with Crippen molar-refractivity contribution >= 4 is 17.2 Å². The third-order valence-corrected chi connectivity index (χ3v) is 6.04. The molecule has 5 rings (SSSR count). The predicted molar refractivity (Wildman–Crippen MR) is 118 cm³/mol. The topological polar surface area (TPSA) is 121 Å². The Bertz CT molecular complexity index is 1290. The Balaban J connectivity index is 1.57. The van der Waals surface area contributed by atoms with Gasteiger partial charge in [0.15, 0.2) is 17.3 Å². The Morgan fingerprint density at radius 1 is 1.25 bits per heavy atom. The van der Waals surface area contributed by atoms with Gasteiger partial charge in [-0.1, -0.05) is 6.92 Å². The number of anilines is 1. The zero-order valence-corrected chi connectivity index (χ0v) is 18.0. The van der Waals surface area contributed by atoms with Crippen LogP contribution in [0.4, 0.5) is 5.82 Å². The Labute approximate surface area is 184 Å². The third-order valence-electron chi connectivity index (χ3n) is 6.04. The summed E-state index contributed by atoms with van der Waals surface area (Å²) in [7, 11) is 0. The van der Waals surface area contributed by atoms with E-state index in [9.17, 15) is 4.79 Å². The van der Waals surface area contributed by atoms with Gasteiger partial charge in [0.2, 0.25) is 5.89 Å². The number of Topliss-reactive ketones (excluding diaryl/α,β-unsaturated/α-hetero) is 1. The summed E-state index contributed by atoms with van der Waals surface area (Å²) in [6.45, 7) is 5.51. The Hall–Kier alpha value is -3.59. The fourth-order valence-corrected chi connectivity index (χ4v) is 4.03. The molecule has 1 fully saturated rings. The highest BCUT2D eigenvalue weighted by Gasteiger charge is 2.31. The van der Waals surface area contributed by atoms with Gasteiger partial charge in [-0.3, -0.25) is 4.79 Å². The molecule has 0 radical (unpaired) electrons. The molecular weight excluding hydrogens is 408 g/mol. The van der Waals surface area contributed by atoms with Crippen molar-refractivity contribution in [3.05, 3.63) is 48.4 Å².